The van der Waals surface area contributed by atoms with E-state index in [0.717, 1.165) is 38.3 Å². The van der Waals surface area contributed by atoms with Crippen LogP contribution in [-0.2, 0) is 6.42 Å². The maximum Gasteiger partial charge on any atom is 0.261 e. The van der Waals surface area contributed by atoms with E-state index in [1.54, 1.807) is 19.1 Å². The van der Waals surface area contributed by atoms with Gasteiger partial charge < -0.3 is 15.0 Å². The van der Waals surface area contributed by atoms with Gasteiger partial charge in [0.1, 0.15) is 5.75 Å². The second kappa shape index (κ2) is 7.28. The lowest BCUT2D eigenvalue weighted by molar-refractivity contribution is 0.0741. The predicted octanol–water partition coefficient (Wildman–Crippen LogP) is 4.03. The van der Waals surface area contributed by atoms with E-state index >= 15 is 0 Å². The molecule has 2 heterocycles. The molecule has 0 aliphatic carbocycles. The van der Waals surface area contributed by atoms with Gasteiger partial charge in [0.15, 0.2) is 0 Å². The highest BCUT2D eigenvalue weighted by molar-refractivity contribution is 7.21. The summed E-state index contributed by atoms with van der Waals surface area (Å²) >= 11 is 1.49. The molecule has 1 unspecified atom stereocenters. The van der Waals surface area contributed by atoms with Crippen molar-refractivity contribution in [3.63, 3.8) is 0 Å². The number of nitrogens with one attached hydrogen (secondary N) is 1. The fourth-order valence-corrected chi connectivity index (χ4v) is 4.84. The molecule has 28 heavy (non-hydrogen) atoms. The van der Waals surface area contributed by atoms with Crippen LogP contribution in [-0.4, -0.2) is 37.4 Å². The number of hydrogen-bond acceptors (Lipinski definition) is 4. The average molecular weight is 394 g/mol. The summed E-state index contributed by atoms with van der Waals surface area (Å²) in [4.78, 5) is 27.8. The van der Waals surface area contributed by atoms with Gasteiger partial charge >= 0.3 is 0 Å². The molecular formula is C22H22N2O3S. The smallest absolute Gasteiger partial charge is 0.261 e. The highest BCUT2D eigenvalue weighted by Gasteiger charge is 2.25. The molecular weight excluding hydrogens is 372 g/mol. The Kier molecular flexibility index (Phi) is 4.81. The Morgan fingerprint density at radius 3 is 2.82 bits per heavy atom. The van der Waals surface area contributed by atoms with Crippen molar-refractivity contribution in [3.8, 4) is 5.75 Å². The Balaban J connectivity index is 1.67. The maximum absolute atomic E-state index is 13.2. The van der Waals surface area contributed by atoms with E-state index in [9.17, 15) is 9.59 Å². The molecule has 4 rings (SSSR count). The van der Waals surface area contributed by atoms with E-state index in [2.05, 4.69) is 5.32 Å². The quantitative estimate of drug-likeness (QED) is 0.727. The number of hydrogen-bond donors (Lipinski definition) is 1. The standard InChI is InChI=1S/C22H22N2O3S/c1-13(15-6-4-5-7-18(15)27-3)24(2)22(26)14-8-9-19-17(12-14)16-10-11-23-21(25)20(16)28-19/h4-9,12-13H,10-11H2,1-3H3,(H,23,25). The third-order valence-electron chi connectivity index (χ3n) is 5.39. The minimum atomic E-state index is -0.137. The Bertz CT molecular complexity index is 1070. The summed E-state index contributed by atoms with van der Waals surface area (Å²) in [5.74, 6) is 0.695. The average Bonchev–Trinajstić information content (AvgIpc) is 3.11. The first-order valence-corrected chi connectivity index (χ1v) is 10.1. The molecule has 3 aromatic rings. The first-order chi connectivity index (χ1) is 13.5. The molecule has 6 heteroatoms. The van der Waals surface area contributed by atoms with Crippen LogP contribution in [0.1, 0.15) is 44.1 Å². The zero-order valence-electron chi connectivity index (χ0n) is 16.1. The van der Waals surface area contributed by atoms with Gasteiger partial charge in [0.25, 0.3) is 11.8 Å². The highest BCUT2D eigenvalue weighted by atomic mass is 32.1. The number of methoxy groups -OCH3 is 1. The first-order valence-electron chi connectivity index (χ1n) is 9.25. The fraction of sp³-hybridized carbons (Fsp3) is 0.273. The minimum absolute atomic E-state index is 0.0164. The summed E-state index contributed by atoms with van der Waals surface area (Å²) in [6.07, 6.45) is 0.798. The molecule has 1 aliphatic rings. The molecule has 0 radical (unpaired) electrons. The van der Waals surface area contributed by atoms with Crippen LogP contribution < -0.4 is 10.1 Å². The van der Waals surface area contributed by atoms with Crippen LogP contribution in [0.3, 0.4) is 0 Å². The van der Waals surface area contributed by atoms with Crippen molar-refractivity contribution in [2.45, 2.75) is 19.4 Å². The molecule has 1 atom stereocenters. The zero-order valence-corrected chi connectivity index (χ0v) is 16.9. The summed E-state index contributed by atoms with van der Waals surface area (Å²) in [5, 5.41) is 3.90. The largest absolute Gasteiger partial charge is 0.496 e. The van der Waals surface area contributed by atoms with Crippen LogP contribution in [0, 0.1) is 0 Å². The summed E-state index contributed by atoms with van der Waals surface area (Å²) in [6.45, 7) is 2.63. The first kappa shape index (κ1) is 18.5. The lowest BCUT2D eigenvalue weighted by atomic mass is 10.0. The maximum atomic E-state index is 13.2. The normalized spacial score (nSPS) is 14.3. The minimum Gasteiger partial charge on any atom is -0.496 e. The molecule has 0 spiro atoms. The van der Waals surface area contributed by atoms with E-state index in [-0.39, 0.29) is 17.9 Å². The second-order valence-electron chi connectivity index (χ2n) is 6.96. The van der Waals surface area contributed by atoms with E-state index in [0.29, 0.717) is 12.1 Å². The number of ether oxygens (including phenoxy) is 1. The van der Waals surface area contributed by atoms with Crippen molar-refractivity contribution in [3.05, 3.63) is 64.0 Å². The van der Waals surface area contributed by atoms with E-state index in [1.165, 1.54) is 11.3 Å². The molecule has 144 valence electrons. The van der Waals surface area contributed by atoms with Gasteiger partial charge in [0.05, 0.1) is 18.0 Å². The van der Waals surface area contributed by atoms with Gasteiger partial charge in [-0.1, -0.05) is 18.2 Å². The van der Waals surface area contributed by atoms with Crippen molar-refractivity contribution in [1.29, 1.82) is 0 Å². The van der Waals surface area contributed by atoms with E-state index in [4.69, 9.17) is 4.74 Å². The molecule has 5 nitrogen and oxygen atoms in total. The number of carbonyl (C=O) groups is 2. The molecule has 2 amide bonds. The summed E-state index contributed by atoms with van der Waals surface area (Å²) < 4.78 is 6.49. The summed E-state index contributed by atoms with van der Waals surface area (Å²) in [5.41, 5.74) is 2.65. The lowest BCUT2D eigenvalue weighted by Gasteiger charge is -2.26. The summed E-state index contributed by atoms with van der Waals surface area (Å²) in [6, 6.07) is 13.3. The molecule has 0 saturated carbocycles. The van der Waals surface area contributed by atoms with E-state index in [1.807, 2.05) is 49.4 Å². The van der Waals surface area contributed by atoms with Gasteiger partial charge in [-0.15, -0.1) is 11.3 Å². The van der Waals surface area contributed by atoms with Crippen molar-refractivity contribution in [2.24, 2.45) is 0 Å². The zero-order chi connectivity index (χ0) is 19.8. The van der Waals surface area contributed by atoms with E-state index < -0.39 is 0 Å². The Labute approximate surface area is 167 Å². The number of rotatable bonds is 4. The second-order valence-corrected chi connectivity index (χ2v) is 8.01. The highest BCUT2D eigenvalue weighted by Crippen LogP contribution is 2.35. The molecule has 0 saturated heterocycles. The van der Waals surface area contributed by atoms with Crippen molar-refractivity contribution in [1.82, 2.24) is 10.2 Å². The Morgan fingerprint density at radius 2 is 2.04 bits per heavy atom. The van der Waals surface area contributed by atoms with Gasteiger partial charge in [-0.05, 0) is 48.6 Å². The predicted molar refractivity (Wildman–Crippen MR) is 111 cm³/mol. The van der Waals surface area contributed by atoms with Crippen molar-refractivity contribution in [2.75, 3.05) is 20.7 Å². The van der Waals surface area contributed by atoms with Crippen LogP contribution in [0.25, 0.3) is 10.1 Å². The van der Waals surface area contributed by atoms with Gasteiger partial charge in [0, 0.05) is 29.4 Å². The van der Waals surface area contributed by atoms with Gasteiger partial charge in [-0.3, -0.25) is 9.59 Å². The Hall–Kier alpha value is -2.86. The number of nitrogens with zero attached hydrogens (tertiary/aromatic N) is 1. The number of carbonyl (C=O) groups excluding carboxylic acids is 2. The number of thiophene rings is 1. The molecule has 0 fully saturated rings. The molecule has 1 N–H and O–H groups in total. The molecule has 2 aromatic carbocycles. The summed E-state index contributed by atoms with van der Waals surface area (Å²) in [7, 11) is 3.44. The van der Waals surface area contributed by atoms with Crippen LogP contribution in [0.2, 0.25) is 0 Å². The lowest BCUT2D eigenvalue weighted by Crippen LogP contribution is -2.30. The van der Waals surface area contributed by atoms with Crippen molar-refractivity contribution < 1.29 is 14.3 Å². The molecule has 1 aromatic heterocycles. The third-order valence-corrected chi connectivity index (χ3v) is 6.61. The van der Waals surface area contributed by atoms with Crippen LogP contribution >= 0.6 is 11.3 Å². The fourth-order valence-electron chi connectivity index (χ4n) is 3.69. The number of amides is 2. The Morgan fingerprint density at radius 1 is 1.25 bits per heavy atom. The number of benzene rings is 2. The van der Waals surface area contributed by atoms with Crippen molar-refractivity contribution >= 4 is 33.2 Å². The van der Waals surface area contributed by atoms with Crippen LogP contribution in [0.5, 0.6) is 5.75 Å². The van der Waals surface area contributed by atoms with Crippen LogP contribution in [0.15, 0.2) is 42.5 Å². The van der Waals surface area contributed by atoms with Crippen LogP contribution in [0.4, 0.5) is 0 Å². The topological polar surface area (TPSA) is 58.6 Å². The number of para-hydroxylation sites is 1. The van der Waals surface area contributed by atoms with Gasteiger partial charge in [-0.2, -0.15) is 0 Å². The monoisotopic (exact) mass is 394 g/mol. The SMILES string of the molecule is COc1ccccc1C(C)N(C)C(=O)c1ccc2sc3c(c2c1)CCNC3=O. The van der Waals surface area contributed by atoms with Gasteiger partial charge in [0.2, 0.25) is 0 Å². The molecule has 0 bridgehead atoms. The molecule has 1 aliphatic heterocycles. The van der Waals surface area contributed by atoms with Gasteiger partial charge in [-0.25, -0.2) is 0 Å². The number of fused-ring (bicyclic) bond motifs is 3. The third kappa shape index (κ3) is 3.03.